The molecule has 1 aromatic heterocycles. The van der Waals surface area contributed by atoms with Crippen molar-refractivity contribution in [1.82, 2.24) is 10.3 Å². The topological polar surface area (TPSA) is 63.4 Å². The Balaban J connectivity index is 1.32. The molecule has 5 nitrogen and oxygen atoms in total. The van der Waals surface area contributed by atoms with Crippen molar-refractivity contribution < 1.29 is 18.7 Å². The molecular weight excluding hydrogens is 347 g/mol. The zero-order valence-corrected chi connectivity index (χ0v) is 15.0. The van der Waals surface area contributed by atoms with Gasteiger partial charge in [0.1, 0.15) is 18.5 Å². The van der Waals surface area contributed by atoms with Gasteiger partial charge in [0.2, 0.25) is 5.91 Å². The van der Waals surface area contributed by atoms with Gasteiger partial charge in [-0.2, -0.15) is 0 Å². The number of benzene rings is 2. The molecule has 0 unspecified atom stereocenters. The minimum atomic E-state index is -0.308. The van der Waals surface area contributed by atoms with Crippen LogP contribution in [0.1, 0.15) is 17.7 Å². The van der Waals surface area contributed by atoms with Gasteiger partial charge in [0, 0.05) is 24.0 Å². The van der Waals surface area contributed by atoms with Crippen LogP contribution in [0, 0.1) is 12.7 Å². The third-order valence-electron chi connectivity index (χ3n) is 4.80. The third-order valence-corrected chi connectivity index (χ3v) is 4.80. The molecule has 0 bridgehead atoms. The molecule has 1 aliphatic heterocycles. The van der Waals surface area contributed by atoms with E-state index < -0.39 is 0 Å². The first kappa shape index (κ1) is 17.4. The molecule has 0 spiro atoms. The second-order valence-electron chi connectivity index (χ2n) is 6.70. The molecule has 0 fully saturated rings. The molecule has 0 saturated carbocycles. The Morgan fingerprint density at radius 3 is 2.89 bits per heavy atom. The zero-order chi connectivity index (χ0) is 18.8. The average Bonchev–Trinajstić information content (AvgIpc) is 2.99. The number of halogens is 1. The first-order valence-corrected chi connectivity index (χ1v) is 9.02. The van der Waals surface area contributed by atoms with Crippen molar-refractivity contribution in [2.24, 2.45) is 0 Å². The van der Waals surface area contributed by atoms with E-state index >= 15 is 0 Å². The molecule has 0 radical (unpaired) electrons. The summed E-state index contributed by atoms with van der Waals surface area (Å²) in [5, 5.41) is 3.67. The van der Waals surface area contributed by atoms with E-state index in [4.69, 9.17) is 9.47 Å². The van der Waals surface area contributed by atoms with Crippen LogP contribution in [0.25, 0.3) is 10.9 Å². The van der Waals surface area contributed by atoms with Gasteiger partial charge in [0.25, 0.3) is 0 Å². The zero-order valence-electron chi connectivity index (χ0n) is 15.0. The number of nitrogens with one attached hydrogen (secondary N) is 2. The largest absolute Gasteiger partial charge is 0.486 e. The second kappa shape index (κ2) is 7.31. The van der Waals surface area contributed by atoms with Crippen LogP contribution in [0.15, 0.2) is 42.5 Å². The summed E-state index contributed by atoms with van der Waals surface area (Å²) in [5.41, 5.74) is 2.09. The molecule has 27 heavy (non-hydrogen) atoms. The number of para-hydroxylation sites is 3. The molecule has 0 aliphatic carbocycles. The molecular formula is C21H21FN2O3. The van der Waals surface area contributed by atoms with Gasteiger partial charge in [-0.3, -0.25) is 4.79 Å². The quantitative estimate of drug-likeness (QED) is 0.724. The summed E-state index contributed by atoms with van der Waals surface area (Å²) in [4.78, 5) is 15.4. The molecule has 3 aromatic rings. The molecule has 2 heterocycles. The fraction of sp³-hybridized carbons (Fsp3) is 0.286. The Labute approximate surface area is 156 Å². The highest BCUT2D eigenvalue weighted by Gasteiger charge is 2.20. The lowest BCUT2D eigenvalue weighted by Gasteiger charge is -2.26. The summed E-state index contributed by atoms with van der Waals surface area (Å²) in [6.45, 7) is 2.81. The predicted octanol–water partition coefficient (Wildman–Crippen LogP) is 3.50. The number of aromatic amines is 1. The Morgan fingerprint density at radius 1 is 1.22 bits per heavy atom. The van der Waals surface area contributed by atoms with E-state index in [1.807, 2.05) is 37.3 Å². The molecule has 1 atom stereocenters. The number of ether oxygens (including phenoxy) is 2. The van der Waals surface area contributed by atoms with Crippen LogP contribution in [0.2, 0.25) is 0 Å². The summed E-state index contributed by atoms with van der Waals surface area (Å²) in [6.07, 6.45) is 0.769. The minimum Gasteiger partial charge on any atom is -0.486 e. The Morgan fingerprint density at radius 2 is 2.04 bits per heavy atom. The van der Waals surface area contributed by atoms with Crippen molar-refractivity contribution in [3.63, 3.8) is 0 Å². The van der Waals surface area contributed by atoms with Crippen molar-refractivity contribution in [3.05, 3.63) is 59.5 Å². The van der Waals surface area contributed by atoms with E-state index in [9.17, 15) is 9.18 Å². The van der Waals surface area contributed by atoms with E-state index in [-0.39, 0.29) is 24.2 Å². The van der Waals surface area contributed by atoms with Gasteiger partial charge in [-0.05, 0) is 30.7 Å². The molecule has 1 amide bonds. The fourth-order valence-electron chi connectivity index (χ4n) is 3.40. The lowest BCUT2D eigenvalue weighted by Crippen LogP contribution is -2.34. The smallest absolute Gasteiger partial charge is 0.224 e. The van der Waals surface area contributed by atoms with Crippen molar-refractivity contribution in [1.29, 1.82) is 0 Å². The first-order chi connectivity index (χ1) is 13.1. The molecule has 2 N–H and O–H groups in total. The number of carbonyl (C=O) groups is 1. The van der Waals surface area contributed by atoms with Crippen molar-refractivity contribution in [3.8, 4) is 11.5 Å². The number of aryl methyl sites for hydroxylation is 1. The second-order valence-corrected chi connectivity index (χ2v) is 6.70. The Hall–Kier alpha value is -3.02. The van der Waals surface area contributed by atoms with E-state index in [0.29, 0.717) is 25.1 Å². The minimum absolute atomic E-state index is 0.0934. The maximum Gasteiger partial charge on any atom is 0.224 e. The Kier molecular flexibility index (Phi) is 4.71. The number of rotatable bonds is 5. The van der Waals surface area contributed by atoms with Crippen LogP contribution in [0.3, 0.4) is 0 Å². The summed E-state index contributed by atoms with van der Waals surface area (Å²) >= 11 is 0. The van der Waals surface area contributed by atoms with E-state index in [1.54, 1.807) is 6.07 Å². The normalized spacial score (nSPS) is 15.7. The molecule has 0 saturated heterocycles. The molecule has 4 rings (SSSR count). The van der Waals surface area contributed by atoms with E-state index in [1.165, 1.54) is 6.07 Å². The van der Waals surface area contributed by atoms with Gasteiger partial charge in [0.15, 0.2) is 11.5 Å². The lowest BCUT2D eigenvalue weighted by molar-refractivity contribution is -0.120. The first-order valence-electron chi connectivity index (χ1n) is 9.02. The predicted molar refractivity (Wildman–Crippen MR) is 101 cm³/mol. The SMILES string of the molecule is Cc1[nH]c2c(F)cccc2c1CC(=O)NCC[C@H]1COc2ccccc2O1. The summed E-state index contributed by atoms with van der Waals surface area (Å²) in [5.74, 6) is 1.08. The standard InChI is InChI=1S/C21H21FN2O3/c1-13-16(15-5-4-6-17(22)21(15)24-13)11-20(25)23-10-9-14-12-26-18-7-2-3-8-19(18)27-14/h2-8,14,24H,9-12H2,1H3,(H,23,25)/t14-/m0/s1. The highest BCUT2D eigenvalue weighted by Crippen LogP contribution is 2.31. The molecule has 1 aliphatic rings. The van der Waals surface area contributed by atoms with Gasteiger partial charge in [-0.15, -0.1) is 0 Å². The van der Waals surface area contributed by atoms with Gasteiger partial charge in [-0.25, -0.2) is 4.39 Å². The highest BCUT2D eigenvalue weighted by molar-refractivity contribution is 5.90. The summed E-state index contributed by atoms with van der Waals surface area (Å²) in [6, 6.07) is 12.4. The van der Waals surface area contributed by atoms with Gasteiger partial charge in [-0.1, -0.05) is 24.3 Å². The summed E-state index contributed by atoms with van der Waals surface area (Å²) in [7, 11) is 0. The number of carbonyl (C=O) groups excluding carboxylic acids is 1. The van der Waals surface area contributed by atoms with E-state index in [0.717, 1.165) is 28.1 Å². The fourth-order valence-corrected chi connectivity index (χ4v) is 3.40. The van der Waals surface area contributed by atoms with Gasteiger partial charge < -0.3 is 19.8 Å². The number of H-pyrrole nitrogens is 1. The van der Waals surface area contributed by atoms with Crippen molar-refractivity contribution >= 4 is 16.8 Å². The van der Waals surface area contributed by atoms with Crippen LogP contribution in [0.5, 0.6) is 11.5 Å². The Bertz CT molecular complexity index is 983. The third kappa shape index (κ3) is 3.60. The van der Waals surface area contributed by atoms with Gasteiger partial charge in [0.05, 0.1) is 11.9 Å². The van der Waals surface area contributed by atoms with Crippen molar-refractivity contribution in [2.45, 2.75) is 25.9 Å². The van der Waals surface area contributed by atoms with Crippen LogP contribution < -0.4 is 14.8 Å². The number of hydrogen-bond donors (Lipinski definition) is 2. The van der Waals surface area contributed by atoms with Gasteiger partial charge >= 0.3 is 0 Å². The number of amides is 1. The van der Waals surface area contributed by atoms with Crippen LogP contribution in [-0.2, 0) is 11.2 Å². The van der Waals surface area contributed by atoms with E-state index in [2.05, 4.69) is 10.3 Å². The number of hydrogen-bond acceptors (Lipinski definition) is 3. The summed E-state index contributed by atoms with van der Waals surface area (Å²) < 4.78 is 25.4. The maximum atomic E-state index is 13.9. The van der Waals surface area contributed by atoms with Crippen LogP contribution in [-0.4, -0.2) is 30.1 Å². The molecule has 140 valence electrons. The average molecular weight is 368 g/mol. The molecule has 2 aromatic carbocycles. The lowest BCUT2D eigenvalue weighted by atomic mass is 10.1. The van der Waals surface area contributed by atoms with Crippen LogP contribution >= 0.6 is 0 Å². The molecule has 6 heteroatoms. The monoisotopic (exact) mass is 368 g/mol. The number of fused-ring (bicyclic) bond motifs is 2. The number of aromatic nitrogens is 1. The van der Waals surface area contributed by atoms with Crippen molar-refractivity contribution in [2.75, 3.05) is 13.2 Å². The maximum absolute atomic E-state index is 13.9. The van der Waals surface area contributed by atoms with Crippen LogP contribution in [0.4, 0.5) is 4.39 Å². The highest BCUT2D eigenvalue weighted by atomic mass is 19.1.